The second kappa shape index (κ2) is 6.14. The smallest absolute Gasteiger partial charge is 0.125 e. The molecular formula is C12H15Cl2NO. The molecule has 0 saturated carbocycles. The molecule has 0 spiro atoms. The van der Waals surface area contributed by atoms with Crippen molar-refractivity contribution in [2.45, 2.75) is 20.4 Å². The van der Waals surface area contributed by atoms with Gasteiger partial charge in [-0.2, -0.15) is 0 Å². The predicted octanol–water partition coefficient (Wildman–Crippen LogP) is 3.46. The predicted molar refractivity (Wildman–Crippen MR) is 69.1 cm³/mol. The van der Waals surface area contributed by atoms with Gasteiger partial charge in [0, 0.05) is 12.1 Å². The molecule has 16 heavy (non-hydrogen) atoms. The molecule has 88 valence electrons. The van der Waals surface area contributed by atoms with Crippen molar-refractivity contribution in [2.75, 3.05) is 6.61 Å². The lowest BCUT2D eigenvalue weighted by molar-refractivity contribution is 0.354. The van der Waals surface area contributed by atoms with Gasteiger partial charge >= 0.3 is 0 Å². The van der Waals surface area contributed by atoms with Crippen LogP contribution in [-0.2, 0) is 6.54 Å². The summed E-state index contributed by atoms with van der Waals surface area (Å²) in [4.78, 5) is 0. The first kappa shape index (κ1) is 13.4. The van der Waals surface area contributed by atoms with Gasteiger partial charge in [-0.1, -0.05) is 35.3 Å². The fraction of sp³-hybridized carbons (Fsp3) is 0.333. The van der Waals surface area contributed by atoms with Crippen LogP contribution < -0.4 is 10.5 Å². The Morgan fingerprint density at radius 3 is 2.38 bits per heavy atom. The molecule has 1 rings (SSSR count). The second-order valence-electron chi connectivity index (χ2n) is 3.61. The Morgan fingerprint density at radius 1 is 1.38 bits per heavy atom. The van der Waals surface area contributed by atoms with E-state index in [0.717, 1.165) is 22.4 Å². The highest BCUT2D eigenvalue weighted by Gasteiger charge is 2.06. The minimum absolute atomic E-state index is 0.286. The number of halogens is 2. The Balaban J connectivity index is 2.88. The third-order valence-electron chi connectivity index (χ3n) is 2.23. The summed E-state index contributed by atoms with van der Waals surface area (Å²) < 4.78 is 5.59. The Kier molecular flexibility index (Phi) is 5.13. The average molecular weight is 260 g/mol. The summed E-state index contributed by atoms with van der Waals surface area (Å²) >= 11 is 11.2. The molecule has 0 bridgehead atoms. The Bertz CT molecular complexity index is 379. The zero-order valence-corrected chi connectivity index (χ0v) is 10.9. The fourth-order valence-corrected chi connectivity index (χ4v) is 1.68. The van der Waals surface area contributed by atoms with Gasteiger partial charge in [-0.25, -0.2) is 0 Å². The van der Waals surface area contributed by atoms with Crippen molar-refractivity contribution in [3.63, 3.8) is 0 Å². The lowest BCUT2D eigenvalue weighted by atomic mass is 10.1. The molecule has 1 aromatic rings. The molecule has 0 aromatic heterocycles. The van der Waals surface area contributed by atoms with Crippen LogP contribution >= 0.6 is 23.2 Å². The summed E-state index contributed by atoms with van der Waals surface area (Å²) in [5, 5.41) is 0.475. The van der Waals surface area contributed by atoms with Crippen LogP contribution in [0.1, 0.15) is 16.7 Å². The van der Waals surface area contributed by atoms with Crippen molar-refractivity contribution < 1.29 is 4.74 Å². The van der Waals surface area contributed by atoms with E-state index in [1.165, 1.54) is 5.54 Å². The van der Waals surface area contributed by atoms with Crippen molar-refractivity contribution in [1.29, 1.82) is 0 Å². The molecule has 0 aliphatic heterocycles. The van der Waals surface area contributed by atoms with Gasteiger partial charge in [-0.05, 0) is 30.5 Å². The Morgan fingerprint density at radius 2 is 1.94 bits per heavy atom. The van der Waals surface area contributed by atoms with E-state index in [4.69, 9.17) is 33.7 Å². The standard InChI is InChI=1S/C12H15Cl2NO/c1-8-3-10(6-15)4-9(2)12(8)16-7-11(14)5-13/h3-5H,6-7,15H2,1-2H3. The quantitative estimate of drug-likeness (QED) is 0.899. The van der Waals surface area contributed by atoms with E-state index < -0.39 is 0 Å². The maximum atomic E-state index is 5.76. The van der Waals surface area contributed by atoms with Gasteiger partial charge in [-0.3, -0.25) is 0 Å². The zero-order valence-electron chi connectivity index (χ0n) is 9.39. The van der Waals surface area contributed by atoms with E-state index in [-0.39, 0.29) is 6.61 Å². The third-order valence-corrected chi connectivity index (χ3v) is 2.82. The second-order valence-corrected chi connectivity index (χ2v) is 4.31. The average Bonchev–Trinajstić information content (AvgIpc) is 2.27. The van der Waals surface area contributed by atoms with Crippen LogP contribution in [-0.4, -0.2) is 6.61 Å². The summed E-state index contributed by atoms with van der Waals surface area (Å²) in [7, 11) is 0. The number of benzene rings is 1. The summed E-state index contributed by atoms with van der Waals surface area (Å²) in [6.45, 7) is 4.79. The van der Waals surface area contributed by atoms with Gasteiger partial charge in [0.2, 0.25) is 0 Å². The van der Waals surface area contributed by atoms with Gasteiger partial charge in [0.05, 0.1) is 5.03 Å². The van der Waals surface area contributed by atoms with Crippen molar-refractivity contribution in [3.05, 3.63) is 39.4 Å². The topological polar surface area (TPSA) is 35.2 Å². The minimum Gasteiger partial charge on any atom is -0.487 e. The van der Waals surface area contributed by atoms with E-state index in [1.807, 2.05) is 26.0 Å². The number of hydrogen-bond donors (Lipinski definition) is 1. The zero-order chi connectivity index (χ0) is 12.1. The van der Waals surface area contributed by atoms with E-state index in [9.17, 15) is 0 Å². The summed E-state index contributed by atoms with van der Waals surface area (Å²) in [5.74, 6) is 0.842. The maximum Gasteiger partial charge on any atom is 0.125 e. The third kappa shape index (κ3) is 3.41. The first-order valence-corrected chi connectivity index (χ1v) is 5.77. The normalized spacial score (nSPS) is 11.7. The molecule has 2 nitrogen and oxygen atoms in total. The summed E-state index contributed by atoms with van der Waals surface area (Å²) in [6.07, 6.45) is 0. The molecule has 0 saturated heterocycles. The van der Waals surface area contributed by atoms with E-state index in [2.05, 4.69) is 0 Å². The maximum absolute atomic E-state index is 5.76. The molecule has 4 heteroatoms. The van der Waals surface area contributed by atoms with Gasteiger partial charge in [0.15, 0.2) is 0 Å². The van der Waals surface area contributed by atoms with Crippen LogP contribution in [0.4, 0.5) is 0 Å². The number of rotatable bonds is 4. The van der Waals surface area contributed by atoms with E-state index >= 15 is 0 Å². The van der Waals surface area contributed by atoms with Crippen LogP contribution in [0.3, 0.4) is 0 Å². The van der Waals surface area contributed by atoms with Gasteiger partial charge in [0.1, 0.15) is 12.4 Å². The summed E-state index contributed by atoms with van der Waals surface area (Å²) in [6, 6.07) is 4.03. The van der Waals surface area contributed by atoms with E-state index in [1.54, 1.807) is 0 Å². The lowest BCUT2D eigenvalue weighted by Gasteiger charge is -2.13. The van der Waals surface area contributed by atoms with Crippen LogP contribution in [0, 0.1) is 13.8 Å². The molecule has 2 N–H and O–H groups in total. The fourth-order valence-electron chi connectivity index (χ4n) is 1.56. The van der Waals surface area contributed by atoms with Crippen LogP contribution in [0.25, 0.3) is 0 Å². The van der Waals surface area contributed by atoms with Crippen LogP contribution in [0.2, 0.25) is 0 Å². The highest BCUT2D eigenvalue weighted by molar-refractivity contribution is 6.36. The molecule has 1 aromatic carbocycles. The van der Waals surface area contributed by atoms with Crippen molar-refractivity contribution in [2.24, 2.45) is 5.73 Å². The Hall–Kier alpha value is -0.700. The van der Waals surface area contributed by atoms with Gasteiger partial charge in [0.25, 0.3) is 0 Å². The first-order valence-electron chi connectivity index (χ1n) is 4.96. The molecule has 0 atom stereocenters. The molecular weight excluding hydrogens is 245 g/mol. The number of nitrogens with two attached hydrogens (primary N) is 1. The molecule has 0 unspecified atom stereocenters. The number of aryl methyl sites for hydroxylation is 2. The largest absolute Gasteiger partial charge is 0.487 e. The number of hydrogen-bond acceptors (Lipinski definition) is 2. The molecule has 0 aliphatic carbocycles. The molecule has 0 aliphatic rings. The highest BCUT2D eigenvalue weighted by atomic mass is 35.5. The van der Waals surface area contributed by atoms with Crippen molar-refractivity contribution in [3.8, 4) is 5.75 Å². The SMILES string of the molecule is Cc1cc(CN)cc(C)c1OCC(Cl)=CCl. The molecule has 0 radical (unpaired) electrons. The lowest BCUT2D eigenvalue weighted by Crippen LogP contribution is -2.03. The molecule has 0 amide bonds. The highest BCUT2D eigenvalue weighted by Crippen LogP contribution is 2.25. The van der Waals surface area contributed by atoms with Crippen molar-refractivity contribution in [1.82, 2.24) is 0 Å². The molecule has 0 fully saturated rings. The van der Waals surface area contributed by atoms with E-state index in [0.29, 0.717) is 11.6 Å². The van der Waals surface area contributed by atoms with Gasteiger partial charge < -0.3 is 10.5 Å². The van der Waals surface area contributed by atoms with Gasteiger partial charge in [-0.15, -0.1) is 0 Å². The number of ether oxygens (including phenoxy) is 1. The summed E-state index contributed by atoms with van der Waals surface area (Å²) in [5.41, 5.74) is 10.1. The van der Waals surface area contributed by atoms with Crippen LogP contribution in [0.15, 0.2) is 22.7 Å². The minimum atomic E-state index is 0.286. The van der Waals surface area contributed by atoms with Crippen LogP contribution in [0.5, 0.6) is 5.75 Å². The first-order chi connectivity index (χ1) is 7.58. The Labute approximate surface area is 106 Å². The molecule has 0 heterocycles. The monoisotopic (exact) mass is 259 g/mol. The van der Waals surface area contributed by atoms with Crippen molar-refractivity contribution >= 4 is 23.2 Å².